The van der Waals surface area contributed by atoms with Gasteiger partial charge in [-0.05, 0) is 6.42 Å². The van der Waals surface area contributed by atoms with Crippen molar-refractivity contribution in [3.8, 4) is 0 Å². The summed E-state index contributed by atoms with van der Waals surface area (Å²) < 4.78 is 0. The van der Waals surface area contributed by atoms with Gasteiger partial charge in [-0.15, -0.1) is 0 Å². The summed E-state index contributed by atoms with van der Waals surface area (Å²) in [5.74, 6) is -1.40. The van der Waals surface area contributed by atoms with Crippen LogP contribution in [-0.4, -0.2) is 48.2 Å². The Morgan fingerprint density at radius 1 is 1.27 bits per heavy atom. The number of imide groups is 1. The van der Waals surface area contributed by atoms with Crippen LogP contribution in [0.25, 0.3) is 0 Å². The average Bonchev–Trinajstić information content (AvgIpc) is 3.09. The number of hydroxylamine groups is 1. The third-order valence-electron chi connectivity index (χ3n) is 3.32. The Hall–Kier alpha value is -2.48. The number of hydrogen-bond donors (Lipinski definition) is 2. The standard InChI is InChI=1S/C14H17N3O5/c1-9-6-10(9)7-15-12(19)8-22-16-11(18)4-5-17-13(20)2-3-14(17)21/h2-3,10H,1,4-8H2,(H,15,19)(H,16,18)/t10-/m1/s1. The lowest BCUT2D eigenvalue weighted by molar-refractivity contribution is -0.140. The summed E-state index contributed by atoms with van der Waals surface area (Å²) in [5.41, 5.74) is 3.21. The molecule has 0 aromatic carbocycles. The number of nitrogens with zero attached hydrogens (tertiary/aromatic N) is 1. The molecule has 2 N–H and O–H groups in total. The van der Waals surface area contributed by atoms with E-state index in [-0.39, 0.29) is 25.5 Å². The smallest absolute Gasteiger partial charge is 0.253 e. The van der Waals surface area contributed by atoms with Crippen LogP contribution < -0.4 is 10.8 Å². The van der Waals surface area contributed by atoms with E-state index in [1.165, 1.54) is 0 Å². The molecule has 1 aliphatic carbocycles. The van der Waals surface area contributed by atoms with Crippen LogP contribution in [0.5, 0.6) is 0 Å². The first-order chi connectivity index (χ1) is 10.5. The number of carbonyl (C=O) groups is 4. The Morgan fingerprint density at radius 3 is 2.50 bits per heavy atom. The van der Waals surface area contributed by atoms with Crippen molar-refractivity contribution in [1.82, 2.24) is 15.7 Å². The van der Waals surface area contributed by atoms with E-state index in [1.54, 1.807) is 0 Å². The fraction of sp³-hybridized carbons (Fsp3) is 0.429. The maximum atomic E-state index is 11.5. The Balaban J connectivity index is 1.54. The topological polar surface area (TPSA) is 105 Å². The quantitative estimate of drug-likeness (QED) is 0.341. The average molecular weight is 307 g/mol. The zero-order chi connectivity index (χ0) is 16.1. The molecule has 4 amide bonds. The third kappa shape index (κ3) is 4.52. The largest absolute Gasteiger partial charge is 0.353 e. The molecule has 0 aromatic rings. The van der Waals surface area contributed by atoms with Crippen LogP contribution in [0.1, 0.15) is 12.8 Å². The number of nitrogens with one attached hydrogen (secondary N) is 2. The highest BCUT2D eigenvalue weighted by Gasteiger charge is 2.27. The van der Waals surface area contributed by atoms with Crippen LogP contribution in [0.3, 0.4) is 0 Å². The van der Waals surface area contributed by atoms with Gasteiger partial charge in [0.15, 0.2) is 6.61 Å². The van der Waals surface area contributed by atoms with Crippen LogP contribution in [0.15, 0.2) is 24.3 Å². The Morgan fingerprint density at radius 2 is 1.91 bits per heavy atom. The summed E-state index contributed by atoms with van der Waals surface area (Å²) in [6.07, 6.45) is 3.13. The Bertz CT molecular complexity index is 537. The van der Waals surface area contributed by atoms with Crippen molar-refractivity contribution in [2.24, 2.45) is 5.92 Å². The van der Waals surface area contributed by atoms with Gasteiger partial charge >= 0.3 is 0 Å². The highest BCUT2D eigenvalue weighted by molar-refractivity contribution is 6.13. The van der Waals surface area contributed by atoms with E-state index in [2.05, 4.69) is 17.4 Å². The van der Waals surface area contributed by atoms with E-state index in [4.69, 9.17) is 4.84 Å². The zero-order valence-corrected chi connectivity index (χ0v) is 12.0. The molecule has 0 radical (unpaired) electrons. The molecule has 118 valence electrons. The summed E-state index contributed by atoms with van der Waals surface area (Å²) in [6, 6.07) is 0. The van der Waals surface area contributed by atoms with Gasteiger partial charge < -0.3 is 5.32 Å². The third-order valence-corrected chi connectivity index (χ3v) is 3.32. The van der Waals surface area contributed by atoms with Crippen molar-refractivity contribution in [2.45, 2.75) is 12.8 Å². The van der Waals surface area contributed by atoms with Gasteiger partial charge in [-0.25, -0.2) is 5.48 Å². The number of hydrogen-bond acceptors (Lipinski definition) is 5. The van der Waals surface area contributed by atoms with Crippen LogP contribution in [0.4, 0.5) is 0 Å². The highest BCUT2D eigenvalue weighted by atomic mass is 16.7. The SMILES string of the molecule is C=C1C[C@@H]1CNC(=O)CONC(=O)CCN1C(=O)C=CC1=O. The summed E-state index contributed by atoms with van der Waals surface area (Å²) in [7, 11) is 0. The fourth-order valence-corrected chi connectivity index (χ4v) is 1.86. The molecule has 8 heteroatoms. The minimum atomic E-state index is -0.518. The maximum Gasteiger partial charge on any atom is 0.253 e. The first-order valence-electron chi connectivity index (χ1n) is 6.86. The van der Waals surface area contributed by atoms with Crippen LogP contribution in [0, 0.1) is 5.92 Å². The number of amides is 4. The molecule has 1 atom stereocenters. The van der Waals surface area contributed by atoms with E-state index < -0.39 is 17.7 Å². The Labute approximate surface area is 127 Å². The van der Waals surface area contributed by atoms with E-state index in [0.29, 0.717) is 12.5 Å². The molecule has 0 spiro atoms. The summed E-state index contributed by atoms with van der Waals surface area (Å²) in [4.78, 5) is 51.1. The van der Waals surface area contributed by atoms with Crippen LogP contribution >= 0.6 is 0 Å². The first-order valence-corrected chi connectivity index (χ1v) is 6.86. The van der Waals surface area contributed by atoms with Gasteiger partial charge in [0.25, 0.3) is 11.8 Å². The molecule has 0 bridgehead atoms. The second-order valence-corrected chi connectivity index (χ2v) is 5.09. The Kier molecular flexibility index (Phi) is 5.05. The van der Waals surface area contributed by atoms with Crippen LogP contribution in [0.2, 0.25) is 0 Å². The molecule has 0 unspecified atom stereocenters. The summed E-state index contributed by atoms with van der Waals surface area (Å²) in [6.45, 7) is 3.98. The minimum absolute atomic E-state index is 0.0319. The zero-order valence-electron chi connectivity index (χ0n) is 12.0. The van der Waals surface area contributed by atoms with E-state index >= 15 is 0 Å². The van der Waals surface area contributed by atoms with E-state index in [9.17, 15) is 19.2 Å². The van der Waals surface area contributed by atoms with Gasteiger partial charge in [0.2, 0.25) is 11.8 Å². The molecule has 1 heterocycles. The van der Waals surface area contributed by atoms with Gasteiger partial charge in [0.1, 0.15) is 0 Å². The lowest BCUT2D eigenvalue weighted by atomic mass is 10.4. The van der Waals surface area contributed by atoms with Gasteiger partial charge in [0.05, 0.1) is 0 Å². The second kappa shape index (κ2) is 6.99. The lowest BCUT2D eigenvalue weighted by Gasteiger charge is -2.13. The number of rotatable bonds is 8. The molecular weight excluding hydrogens is 290 g/mol. The van der Waals surface area contributed by atoms with Crippen molar-refractivity contribution in [2.75, 3.05) is 19.7 Å². The van der Waals surface area contributed by atoms with E-state index in [0.717, 1.165) is 29.0 Å². The highest BCUT2D eigenvalue weighted by Crippen LogP contribution is 2.34. The first kappa shape index (κ1) is 15.9. The maximum absolute atomic E-state index is 11.5. The lowest BCUT2D eigenvalue weighted by Crippen LogP contribution is -2.36. The molecule has 8 nitrogen and oxygen atoms in total. The van der Waals surface area contributed by atoms with Gasteiger partial charge in [-0.2, -0.15) is 0 Å². The van der Waals surface area contributed by atoms with E-state index in [1.807, 2.05) is 0 Å². The monoisotopic (exact) mass is 307 g/mol. The predicted octanol–water partition coefficient (Wildman–Crippen LogP) is -0.958. The van der Waals surface area contributed by atoms with Gasteiger partial charge in [-0.1, -0.05) is 12.2 Å². The molecule has 1 saturated carbocycles. The van der Waals surface area contributed by atoms with Crippen LogP contribution in [-0.2, 0) is 24.0 Å². The molecule has 1 fully saturated rings. The van der Waals surface area contributed by atoms with Crippen molar-refractivity contribution in [3.63, 3.8) is 0 Å². The van der Waals surface area contributed by atoms with Crippen molar-refractivity contribution in [1.29, 1.82) is 0 Å². The van der Waals surface area contributed by atoms with Gasteiger partial charge in [0, 0.05) is 37.6 Å². The fourth-order valence-electron chi connectivity index (χ4n) is 1.86. The van der Waals surface area contributed by atoms with Crippen molar-refractivity contribution >= 4 is 23.6 Å². The molecule has 22 heavy (non-hydrogen) atoms. The van der Waals surface area contributed by atoms with Crippen molar-refractivity contribution in [3.05, 3.63) is 24.3 Å². The predicted molar refractivity (Wildman–Crippen MR) is 74.8 cm³/mol. The number of carbonyl (C=O) groups excluding carboxylic acids is 4. The minimum Gasteiger partial charge on any atom is -0.353 e. The summed E-state index contributed by atoms with van der Waals surface area (Å²) >= 11 is 0. The van der Waals surface area contributed by atoms with Crippen molar-refractivity contribution < 1.29 is 24.0 Å². The van der Waals surface area contributed by atoms with Gasteiger partial charge in [-0.3, -0.25) is 28.9 Å². The molecular formula is C14H17N3O5. The second-order valence-electron chi connectivity index (χ2n) is 5.09. The molecule has 0 saturated heterocycles. The molecule has 1 aliphatic heterocycles. The normalized spacial score (nSPS) is 19.5. The summed E-state index contributed by atoms with van der Waals surface area (Å²) in [5, 5.41) is 2.66. The molecule has 2 rings (SSSR count). The molecule has 2 aliphatic rings. The molecule has 0 aromatic heterocycles.